The molecule has 144 valence electrons. The molecule has 0 spiro atoms. The highest BCUT2D eigenvalue weighted by atomic mass is 32.2. The smallest absolute Gasteiger partial charge is 0.259 e. The van der Waals surface area contributed by atoms with E-state index < -0.39 is 0 Å². The first-order valence-corrected chi connectivity index (χ1v) is 10.7. The average Bonchev–Trinajstić information content (AvgIpc) is 3.16. The number of carbonyl (C=O) groups excluding carboxylic acids is 2. The first-order chi connectivity index (χ1) is 13.7. The van der Waals surface area contributed by atoms with Gasteiger partial charge in [-0.25, -0.2) is 0 Å². The van der Waals surface area contributed by atoms with Crippen molar-refractivity contribution in [1.29, 1.82) is 0 Å². The van der Waals surface area contributed by atoms with Crippen molar-refractivity contribution in [3.63, 3.8) is 0 Å². The molecule has 2 N–H and O–H groups in total. The zero-order chi connectivity index (χ0) is 19.8. The number of hydrogen-bond acceptors (Lipinski definition) is 6. The van der Waals surface area contributed by atoms with Gasteiger partial charge in [0.15, 0.2) is 0 Å². The summed E-state index contributed by atoms with van der Waals surface area (Å²) in [6.45, 7) is 1.98. The molecule has 3 aromatic rings. The number of rotatable bonds is 8. The van der Waals surface area contributed by atoms with Crippen LogP contribution >= 0.6 is 23.1 Å². The van der Waals surface area contributed by atoms with Gasteiger partial charge in [-0.15, -0.1) is 22.0 Å². The molecule has 1 heterocycles. The van der Waals surface area contributed by atoms with E-state index in [-0.39, 0.29) is 11.8 Å². The molecule has 0 fully saturated rings. The second-order valence-electron chi connectivity index (χ2n) is 5.81. The lowest BCUT2D eigenvalue weighted by Gasteiger charge is -2.10. The van der Waals surface area contributed by atoms with Gasteiger partial charge in [0.1, 0.15) is 5.01 Å². The normalized spacial score (nSPS) is 10.5. The monoisotopic (exact) mass is 412 g/mol. The van der Waals surface area contributed by atoms with Gasteiger partial charge in [0, 0.05) is 17.1 Å². The van der Waals surface area contributed by atoms with Crippen LogP contribution in [0.4, 0.5) is 10.8 Å². The minimum Gasteiger partial charge on any atom is -0.325 e. The number of hydrogen-bond donors (Lipinski definition) is 2. The van der Waals surface area contributed by atoms with Gasteiger partial charge in [0.05, 0.1) is 11.3 Å². The third-order valence-electron chi connectivity index (χ3n) is 3.78. The molecule has 6 nitrogen and oxygen atoms in total. The fourth-order valence-electron chi connectivity index (χ4n) is 2.39. The van der Waals surface area contributed by atoms with Crippen molar-refractivity contribution in [2.75, 3.05) is 16.4 Å². The molecule has 0 atom stereocenters. The number of aryl methyl sites for hydroxylation is 1. The summed E-state index contributed by atoms with van der Waals surface area (Å²) in [5.74, 6) is 0.204. The number of nitrogens with one attached hydrogen (secondary N) is 2. The SMILES string of the molecule is CCc1nnc(NC(=O)c2ccccc2NC(=O)CCSc2ccccc2)s1. The van der Waals surface area contributed by atoms with Crippen LogP contribution in [0.2, 0.25) is 0 Å². The number of anilines is 2. The highest BCUT2D eigenvalue weighted by molar-refractivity contribution is 7.99. The number of para-hydroxylation sites is 1. The van der Waals surface area contributed by atoms with Crippen molar-refractivity contribution in [3.05, 3.63) is 65.2 Å². The number of amides is 2. The summed E-state index contributed by atoms with van der Waals surface area (Å²) in [6, 6.07) is 16.9. The Labute approximate surface area is 171 Å². The highest BCUT2D eigenvalue weighted by Gasteiger charge is 2.15. The fourth-order valence-corrected chi connectivity index (χ4v) is 3.94. The summed E-state index contributed by atoms with van der Waals surface area (Å²) in [7, 11) is 0. The summed E-state index contributed by atoms with van der Waals surface area (Å²) in [6.07, 6.45) is 1.12. The molecule has 0 unspecified atom stereocenters. The first kappa shape index (κ1) is 20.0. The third kappa shape index (κ3) is 5.64. The Balaban J connectivity index is 1.58. The lowest BCUT2D eigenvalue weighted by molar-refractivity contribution is -0.115. The van der Waals surface area contributed by atoms with Crippen LogP contribution < -0.4 is 10.6 Å². The largest absolute Gasteiger partial charge is 0.325 e. The van der Waals surface area contributed by atoms with Gasteiger partial charge in [-0.05, 0) is 30.7 Å². The quantitative estimate of drug-likeness (QED) is 0.533. The molecule has 28 heavy (non-hydrogen) atoms. The highest BCUT2D eigenvalue weighted by Crippen LogP contribution is 2.21. The van der Waals surface area contributed by atoms with Crippen molar-refractivity contribution >= 4 is 45.7 Å². The van der Waals surface area contributed by atoms with Crippen LogP contribution in [0, 0.1) is 0 Å². The standard InChI is InChI=1S/C20H20N4O2S2/c1-2-18-23-24-20(28-18)22-19(26)15-10-6-7-11-16(15)21-17(25)12-13-27-14-8-4-3-5-9-14/h3-11H,2,12-13H2,1H3,(H,21,25)(H,22,24,26). The zero-order valence-electron chi connectivity index (χ0n) is 15.3. The van der Waals surface area contributed by atoms with Gasteiger partial charge < -0.3 is 5.32 Å². The summed E-state index contributed by atoms with van der Waals surface area (Å²) in [5.41, 5.74) is 0.870. The Morgan fingerprint density at radius 1 is 1.00 bits per heavy atom. The molecule has 0 bridgehead atoms. The second-order valence-corrected chi connectivity index (χ2v) is 8.04. The van der Waals surface area contributed by atoms with E-state index in [0.29, 0.717) is 28.6 Å². The summed E-state index contributed by atoms with van der Waals surface area (Å²) in [5, 5.41) is 14.8. The fraction of sp³-hybridized carbons (Fsp3) is 0.200. The van der Waals surface area contributed by atoms with Gasteiger partial charge in [0.2, 0.25) is 11.0 Å². The van der Waals surface area contributed by atoms with Gasteiger partial charge >= 0.3 is 0 Å². The molecule has 1 aromatic heterocycles. The first-order valence-electron chi connectivity index (χ1n) is 8.86. The Morgan fingerprint density at radius 3 is 2.50 bits per heavy atom. The van der Waals surface area contributed by atoms with Crippen LogP contribution in [0.15, 0.2) is 59.5 Å². The predicted molar refractivity (Wildman–Crippen MR) is 114 cm³/mol. The van der Waals surface area contributed by atoms with E-state index in [0.717, 1.165) is 16.3 Å². The Bertz CT molecular complexity index is 944. The lowest BCUT2D eigenvalue weighted by atomic mass is 10.1. The van der Waals surface area contributed by atoms with E-state index in [4.69, 9.17) is 0 Å². The molecule has 0 aliphatic heterocycles. The third-order valence-corrected chi connectivity index (χ3v) is 5.77. The molecule has 0 aliphatic carbocycles. The second kappa shape index (κ2) is 10.0. The zero-order valence-corrected chi connectivity index (χ0v) is 17.0. The number of thioether (sulfide) groups is 1. The lowest BCUT2D eigenvalue weighted by Crippen LogP contribution is -2.18. The number of carbonyl (C=O) groups is 2. The molecule has 3 rings (SSSR count). The van der Waals surface area contributed by atoms with Crippen molar-refractivity contribution in [1.82, 2.24) is 10.2 Å². The molecule has 2 amide bonds. The molecule has 8 heteroatoms. The molecule has 0 aliphatic rings. The van der Waals surface area contributed by atoms with E-state index in [1.165, 1.54) is 11.3 Å². The van der Waals surface area contributed by atoms with Gasteiger partial charge in [-0.3, -0.25) is 14.9 Å². The number of benzene rings is 2. The number of aromatic nitrogens is 2. The van der Waals surface area contributed by atoms with Crippen LogP contribution in [0.1, 0.15) is 28.7 Å². The molecule has 0 saturated carbocycles. The minimum atomic E-state index is -0.326. The van der Waals surface area contributed by atoms with Gasteiger partial charge in [-0.1, -0.05) is 48.6 Å². The molecule has 0 radical (unpaired) electrons. The van der Waals surface area contributed by atoms with E-state index >= 15 is 0 Å². The maximum absolute atomic E-state index is 12.6. The van der Waals surface area contributed by atoms with E-state index in [1.807, 2.05) is 37.3 Å². The minimum absolute atomic E-state index is 0.132. The summed E-state index contributed by atoms with van der Waals surface area (Å²) >= 11 is 2.96. The summed E-state index contributed by atoms with van der Waals surface area (Å²) < 4.78 is 0. The van der Waals surface area contributed by atoms with Gasteiger partial charge in [0.25, 0.3) is 5.91 Å². The molecule has 2 aromatic carbocycles. The van der Waals surface area contributed by atoms with Crippen molar-refractivity contribution in [2.24, 2.45) is 0 Å². The molecular formula is C20H20N4O2S2. The van der Waals surface area contributed by atoms with Crippen molar-refractivity contribution in [3.8, 4) is 0 Å². The number of nitrogens with zero attached hydrogens (tertiary/aromatic N) is 2. The molecule has 0 saturated heterocycles. The summed E-state index contributed by atoms with van der Waals surface area (Å²) in [4.78, 5) is 26.0. The van der Waals surface area contributed by atoms with Crippen molar-refractivity contribution < 1.29 is 9.59 Å². The van der Waals surface area contributed by atoms with Crippen LogP contribution in [-0.2, 0) is 11.2 Å². The predicted octanol–water partition coefficient (Wildman–Crippen LogP) is 4.47. The Kier molecular flexibility index (Phi) is 7.16. The maximum Gasteiger partial charge on any atom is 0.259 e. The Hall–Kier alpha value is -2.71. The maximum atomic E-state index is 12.6. The average molecular weight is 413 g/mol. The van der Waals surface area contributed by atoms with E-state index in [1.54, 1.807) is 36.0 Å². The van der Waals surface area contributed by atoms with E-state index in [2.05, 4.69) is 20.8 Å². The van der Waals surface area contributed by atoms with Crippen LogP contribution in [0.3, 0.4) is 0 Å². The van der Waals surface area contributed by atoms with Crippen LogP contribution in [0.5, 0.6) is 0 Å². The van der Waals surface area contributed by atoms with Gasteiger partial charge in [-0.2, -0.15) is 0 Å². The van der Waals surface area contributed by atoms with E-state index in [9.17, 15) is 9.59 Å². The van der Waals surface area contributed by atoms with Crippen LogP contribution in [0.25, 0.3) is 0 Å². The molecular weight excluding hydrogens is 392 g/mol. The van der Waals surface area contributed by atoms with Crippen molar-refractivity contribution in [2.45, 2.75) is 24.7 Å². The van der Waals surface area contributed by atoms with Crippen LogP contribution in [-0.4, -0.2) is 27.8 Å². The topological polar surface area (TPSA) is 84.0 Å². The Morgan fingerprint density at radius 2 is 1.75 bits per heavy atom.